The minimum Gasteiger partial charge on any atom is -0.376 e. The molecule has 0 aromatic carbocycles. The van der Waals surface area contributed by atoms with Gasteiger partial charge in [0.15, 0.2) is 5.13 Å². The van der Waals surface area contributed by atoms with Crippen LogP contribution in [0.4, 0.5) is 5.13 Å². The van der Waals surface area contributed by atoms with Crippen molar-refractivity contribution in [3.05, 3.63) is 10.6 Å². The lowest BCUT2D eigenvalue weighted by Crippen LogP contribution is -2.28. The number of aromatic nitrogens is 1. The molecule has 0 amide bonds. The van der Waals surface area contributed by atoms with Crippen LogP contribution < -0.4 is 10.2 Å². The summed E-state index contributed by atoms with van der Waals surface area (Å²) in [5, 5.41) is 4.64. The molecular formula is C16H29N3OS. The molecule has 21 heavy (non-hydrogen) atoms. The average Bonchev–Trinajstić information content (AvgIpc) is 3.10. The lowest BCUT2D eigenvalue weighted by Gasteiger charge is -2.19. The first-order valence-electron chi connectivity index (χ1n) is 8.26. The lowest BCUT2D eigenvalue weighted by atomic mass is 10.2. The molecule has 4 nitrogen and oxygen atoms in total. The third-order valence-corrected chi connectivity index (χ3v) is 5.01. The first-order valence-corrected chi connectivity index (χ1v) is 9.08. The summed E-state index contributed by atoms with van der Waals surface area (Å²) in [6, 6.07) is 0. The Kier molecular flexibility index (Phi) is 6.93. The molecule has 2 rings (SSSR count). The van der Waals surface area contributed by atoms with Gasteiger partial charge in [-0.1, -0.05) is 20.3 Å². The van der Waals surface area contributed by atoms with E-state index in [1.807, 2.05) is 11.3 Å². The van der Waals surface area contributed by atoms with Crippen molar-refractivity contribution >= 4 is 16.5 Å². The Balaban J connectivity index is 1.98. The zero-order valence-electron chi connectivity index (χ0n) is 13.7. The summed E-state index contributed by atoms with van der Waals surface area (Å²) in [6.07, 6.45) is 6.17. The highest BCUT2D eigenvalue weighted by atomic mass is 32.1. The molecule has 2 heterocycles. The number of hydrogen-bond donors (Lipinski definition) is 1. The van der Waals surface area contributed by atoms with Crippen LogP contribution in [0.5, 0.6) is 0 Å². The molecule has 1 aromatic rings. The quantitative estimate of drug-likeness (QED) is 0.711. The van der Waals surface area contributed by atoms with E-state index in [9.17, 15) is 0 Å². The highest BCUT2D eigenvalue weighted by Gasteiger charge is 2.20. The summed E-state index contributed by atoms with van der Waals surface area (Å²) in [5.41, 5.74) is 1.28. The topological polar surface area (TPSA) is 37.4 Å². The molecule has 1 unspecified atom stereocenters. The van der Waals surface area contributed by atoms with Gasteiger partial charge in [-0.05, 0) is 32.2 Å². The summed E-state index contributed by atoms with van der Waals surface area (Å²) in [6.45, 7) is 8.33. The average molecular weight is 311 g/mol. The number of anilines is 1. The second kappa shape index (κ2) is 8.71. The van der Waals surface area contributed by atoms with E-state index in [0.29, 0.717) is 6.10 Å². The van der Waals surface area contributed by atoms with Crippen LogP contribution in [0.15, 0.2) is 0 Å². The number of hydrogen-bond acceptors (Lipinski definition) is 5. The zero-order valence-corrected chi connectivity index (χ0v) is 14.5. The molecule has 1 aromatic heterocycles. The van der Waals surface area contributed by atoms with Crippen molar-refractivity contribution in [3.8, 4) is 0 Å². The van der Waals surface area contributed by atoms with E-state index >= 15 is 0 Å². The summed E-state index contributed by atoms with van der Waals surface area (Å²) in [5.74, 6) is 0. The third-order valence-electron chi connectivity index (χ3n) is 3.79. The molecule has 0 radical (unpaired) electrons. The number of nitrogens with zero attached hydrogens (tertiary/aromatic N) is 2. The van der Waals surface area contributed by atoms with E-state index in [2.05, 4.69) is 31.1 Å². The highest BCUT2D eigenvalue weighted by molar-refractivity contribution is 7.15. The van der Waals surface area contributed by atoms with Crippen LogP contribution in [-0.2, 0) is 17.7 Å². The van der Waals surface area contributed by atoms with E-state index in [0.717, 1.165) is 44.2 Å². The van der Waals surface area contributed by atoms with Gasteiger partial charge in [-0.2, -0.15) is 0 Å². The van der Waals surface area contributed by atoms with E-state index in [1.165, 1.54) is 29.8 Å². The Morgan fingerprint density at radius 1 is 1.38 bits per heavy atom. The van der Waals surface area contributed by atoms with Gasteiger partial charge >= 0.3 is 0 Å². The van der Waals surface area contributed by atoms with Crippen LogP contribution in [0.3, 0.4) is 0 Å². The van der Waals surface area contributed by atoms with Gasteiger partial charge in [-0.3, -0.25) is 0 Å². The Morgan fingerprint density at radius 2 is 2.24 bits per heavy atom. The molecule has 1 fully saturated rings. The van der Waals surface area contributed by atoms with Gasteiger partial charge in [0.1, 0.15) is 0 Å². The molecular weight excluding hydrogens is 282 g/mol. The minimum absolute atomic E-state index is 0.384. The lowest BCUT2D eigenvalue weighted by molar-refractivity contribution is 0.116. The molecule has 1 aliphatic heterocycles. The highest BCUT2D eigenvalue weighted by Crippen LogP contribution is 2.27. The maximum atomic E-state index is 5.73. The van der Waals surface area contributed by atoms with Crippen LogP contribution >= 0.6 is 11.3 Å². The Hall–Kier alpha value is -0.650. The van der Waals surface area contributed by atoms with Crippen molar-refractivity contribution in [2.45, 2.75) is 58.6 Å². The van der Waals surface area contributed by atoms with Crippen molar-refractivity contribution in [1.29, 1.82) is 0 Å². The van der Waals surface area contributed by atoms with Gasteiger partial charge in [0.2, 0.25) is 0 Å². The van der Waals surface area contributed by atoms with Crippen molar-refractivity contribution < 1.29 is 4.74 Å². The van der Waals surface area contributed by atoms with Crippen LogP contribution in [0, 0.1) is 0 Å². The Bertz CT molecular complexity index is 416. The molecule has 0 spiro atoms. The van der Waals surface area contributed by atoms with Gasteiger partial charge in [0.25, 0.3) is 0 Å². The van der Waals surface area contributed by atoms with Crippen LogP contribution in [0.25, 0.3) is 0 Å². The van der Waals surface area contributed by atoms with Crippen molar-refractivity contribution in [2.24, 2.45) is 0 Å². The molecule has 1 atom stereocenters. The predicted molar refractivity (Wildman–Crippen MR) is 90.4 cm³/mol. The molecule has 1 N–H and O–H groups in total. The zero-order chi connectivity index (χ0) is 15.1. The maximum absolute atomic E-state index is 5.73. The van der Waals surface area contributed by atoms with E-state index in [-0.39, 0.29) is 0 Å². The Morgan fingerprint density at radius 3 is 2.90 bits per heavy atom. The van der Waals surface area contributed by atoms with Gasteiger partial charge in [0, 0.05) is 31.6 Å². The second-order valence-electron chi connectivity index (χ2n) is 5.81. The van der Waals surface area contributed by atoms with Crippen LogP contribution in [-0.4, -0.2) is 37.8 Å². The number of aryl methyl sites for hydroxylation is 1. The molecule has 1 saturated heterocycles. The van der Waals surface area contributed by atoms with Crippen molar-refractivity contribution in [1.82, 2.24) is 10.3 Å². The number of likely N-dealkylation sites (N-methyl/N-ethyl adjacent to an activating group) is 1. The number of ether oxygens (including phenoxy) is 1. The third kappa shape index (κ3) is 4.94. The minimum atomic E-state index is 0.384. The van der Waals surface area contributed by atoms with Crippen molar-refractivity contribution in [3.63, 3.8) is 0 Å². The fourth-order valence-electron chi connectivity index (χ4n) is 2.65. The fraction of sp³-hybridized carbons (Fsp3) is 0.812. The van der Waals surface area contributed by atoms with Gasteiger partial charge in [-0.15, -0.1) is 11.3 Å². The first-order chi connectivity index (χ1) is 10.2. The summed E-state index contributed by atoms with van der Waals surface area (Å²) < 4.78 is 5.73. The van der Waals surface area contributed by atoms with E-state index < -0.39 is 0 Å². The molecule has 0 saturated carbocycles. The standard InChI is InChI=1S/C16H29N3OS/c1-4-7-14-15(11-17-9-5-2)21-16(18-14)19(3)12-13-8-6-10-20-13/h13,17H,4-12H2,1-3H3. The van der Waals surface area contributed by atoms with Crippen LogP contribution in [0.2, 0.25) is 0 Å². The molecule has 0 bridgehead atoms. The molecule has 5 heteroatoms. The van der Waals surface area contributed by atoms with E-state index in [1.54, 1.807) is 0 Å². The van der Waals surface area contributed by atoms with Gasteiger partial charge in [0.05, 0.1) is 11.8 Å². The number of thiazole rings is 1. The maximum Gasteiger partial charge on any atom is 0.185 e. The fourth-order valence-corrected chi connectivity index (χ4v) is 3.70. The first kappa shape index (κ1) is 16.7. The SMILES string of the molecule is CCCNCc1sc(N(C)CC2CCCO2)nc1CCC. The normalized spacial score (nSPS) is 18.3. The largest absolute Gasteiger partial charge is 0.376 e. The van der Waals surface area contributed by atoms with E-state index in [4.69, 9.17) is 9.72 Å². The Labute approximate surface area is 132 Å². The summed E-state index contributed by atoms with van der Waals surface area (Å²) >= 11 is 1.84. The monoisotopic (exact) mass is 311 g/mol. The predicted octanol–water partition coefficient (Wildman–Crippen LogP) is 3.21. The van der Waals surface area contributed by atoms with Crippen molar-refractivity contribution in [2.75, 3.05) is 31.6 Å². The molecule has 1 aliphatic rings. The van der Waals surface area contributed by atoms with Crippen LogP contribution in [0.1, 0.15) is 50.1 Å². The number of nitrogens with one attached hydrogen (secondary N) is 1. The summed E-state index contributed by atoms with van der Waals surface area (Å²) in [7, 11) is 2.14. The van der Waals surface area contributed by atoms with Gasteiger partial charge < -0.3 is 15.0 Å². The molecule has 0 aliphatic carbocycles. The number of rotatable bonds is 9. The second-order valence-corrected chi connectivity index (χ2v) is 6.87. The smallest absolute Gasteiger partial charge is 0.185 e. The summed E-state index contributed by atoms with van der Waals surface area (Å²) in [4.78, 5) is 8.54. The van der Waals surface area contributed by atoms with Gasteiger partial charge in [-0.25, -0.2) is 4.98 Å². The molecule has 120 valence electrons.